The molecule has 1 N–H and O–H groups in total. The molecule has 2 amide bonds. The van der Waals surface area contributed by atoms with Gasteiger partial charge in [-0.25, -0.2) is 0 Å². The van der Waals surface area contributed by atoms with Crippen LogP contribution in [-0.2, 0) is 15.0 Å². The lowest BCUT2D eigenvalue weighted by atomic mass is 9.56. The Labute approximate surface area is 187 Å². The first kappa shape index (κ1) is 22.3. The maximum absolute atomic E-state index is 13.0. The van der Waals surface area contributed by atoms with Gasteiger partial charge in [0.25, 0.3) is 0 Å². The third-order valence-electron chi connectivity index (χ3n) is 7.96. The molecule has 0 aromatic carbocycles. The number of piperidine rings is 1. The molecule has 170 valence electrons. The highest BCUT2D eigenvalue weighted by Gasteiger charge is 2.50. The second-order valence-electron chi connectivity index (χ2n) is 11.7. The van der Waals surface area contributed by atoms with E-state index >= 15 is 0 Å². The SMILES string of the molecule is CCC(=O)NC1(C)CC(C(=O)N2CCC3(CC2)CC(c2cccc(C(C)(C)C)n2)C3)C1. The van der Waals surface area contributed by atoms with Crippen molar-refractivity contribution in [3.05, 3.63) is 29.6 Å². The summed E-state index contributed by atoms with van der Waals surface area (Å²) in [5.41, 5.74) is 2.72. The van der Waals surface area contributed by atoms with Gasteiger partial charge in [-0.05, 0) is 63.0 Å². The van der Waals surface area contributed by atoms with Gasteiger partial charge < -0.3 is 10.2 Å². The summed E-state index contributed by atoms with van der Waals surface area (Å²) in [6.07, 6.45) is 6.70. The number of aromatic nitrogens is 1. The number of amides is 2. The van der Waals surface area contributed by atoms with Gasteiger partial charge in [0.1, 0.15) is 0 Å². The summed E-state index contributed by atoms with van der Waals surface area (Å²) in [4.78, 5) is 31.7. The maximum atomic E-state index is 13.0. The molecule has 1 aliphatic heterocycles. The van der Waals surface area contributed by atoms with Gasteiger partial charge in [-0.15, -0.1) is 0 Å². The quantitative estimate of drug-likeness (QED) is 0.769. The van der Waals surface area contributed by atoms with E-state index in [2.05, 4.69) is 56.1 Å². The molecule has 1 saturated heterocycles. The minimum absolute atomic E-state index is 0.0784. The van der Waals surface area contributed by atoms with E-state index in [1.54, 1.807) is 0 Å². The van der Waals surface area contributed by atoms with Crippen LogP contribution in [0.1, 0.15) is 96.9 Å². The van der Waals surface area contributed by atoms with Crippen molar-refractivity contribution in [2.24, 2.45) is 11.3 Å². The van der Waals surface area contributed by atoms with E-state index in [1.165, 1.54) is 24.2 Å². The largest absolute Gasteiger partial charge is 0.351 e. The molecule has 0 atom stereocenters. The summed E-state index contributed by atoms with van der Waals surface area (Å²) in [6.45, 7) is 12.4. The van der Waals surface area contributed by atoms with Gasteiger partial charge in [0, 0.05) is 53.7 Å². The number of hydrogen-bond acceptors (Lipinski definition) is 3. The fourth-order valence-corrected chi connectivity index (χ4v) is 5.89. The van der Waals surface area contributed by atoms with Crippen LogP contribution in [-0.4, -0.2) is 40.3 Å². The van der Waals surface area contributed by atoms with E-state index < -0.39 is 0 Å². The summed E-state index contributed by atoms with van der Waals surface area (Å²) in [5, 5.41) is 3.08. The lowest BCUT2D eigenvalue weighted by Gasteiger charge is -2.53. The van der Waals surface area contributed by atoms with Gasteiger partial charge in [-0.3, -0.25) is 14.6 Å². The third kappa shape index (κ3) is 4.51. The van der Waals surface area contributed by atoms with Crippen molar-refractivity contribution in [3.8, 4) is 0 Å². The smallest absolute Gasteiger partial charge is 0.225 e. The monoisotopic (exact) mass is 425 g/mol. The fourth-order valence-electron chi connectivity index (χ4n) is 5.89. The Balaban J connectivity index is 1.26. The normalized spacial score (nSPS) is 28.0. The molecule has 3 fully saturated rings. The number of likely N-dealkylation sites (tertiary alicyclic amines) is 1. The zero-order valence-corrected chi connectivity index (χ0v) is 20.0. The molecule has 5 nitrogen and oxygen atoms in total. The lowest BCUT2D eigenvalue weighted by Crippen LogP contribution is -2.59. The first-order valence-corrected chi connectivity index (χ1v) is 12.1. The van der Waals surface area contributed by atoms with Gasteiger partial charge in [0.05, 0.1) is 0 Å². The molecule has 2 saturated carbocycles. The van der Waals surface area contributed by atoms with E-state index in [4.69, 9.17) is 4.98 Å². The summed E-state index contributed by atoms with van der Waals surface area (Å²) in [6, 6.07) is 6.49. The van der Waals surface area contributed by atoms with Crippen molar-refractivity contribution >= 4 is 11.8 Å². The highest BCUT2D eigenvalue weighted by Crippen LogP contribution is 2.56. The van der Waals surface area contributed by atoms with Crippen molar-refractivity contribution in [2.45, 2.75) is 96.4 Å². The van der Waals surface area contributed by atoms with Gasteiger partial charge in [-0.2, -0.15) is 0 Å². The molecule has 31 heavy (non-hydrogen) atoms. The summed E-state index contributed by atoms with van der Waals surface area (Å²) >= 11 is 0. The maximum Gasteiger partial charge on any atom is 0.225 e. The van der Waals surface area contributed by atoms with Crippen molar-refractivity contribution < 1.29 is 9.59 Å². The van der Waals surface area contributed by atoms with Crippen LogP contribution in [0.15, 0.2) is 18.2 Å². The molecule has 3 aliphatic rings. The number of carbonyl (C=O) groups is 2. The lowest BCUT2D eigenvalue weighted by molar-refractivity contribution is -0.146. The van der Waals surface area contributed by atoms with Gasteiger partial charge in [-0.1, -0.05) is 33.8 Å². The van der Waals surface area contributed by atoms with E-state index in [-0.39, 0.29) is 22.8 Å². The number of hydrogen-bond donors (Lipinski definition) is 1. The second-order valence-corrected chi connectivity index (χ2v) is 11.7. The first-order chi connectivity index (χ1) is 14.5. The molecule has 0 unspecified atom stereocenters. The molecule has 1 aromatic rings. The summed E-state index contributed by atoms with van der Waals surface area (Å²) in [5.74, 6) is 1.03. The third-order valence-corrected chi connectivity index (χ3v) is 7.96. The van der Waals surface area contributed by atoms with Crippen LogP contribution in [0.3, 0.4) is 0 Å². The Bertz CT molecular complexity index is 834. The highest BCUT2D eigenvalue weighted by atomic mass is 16.2. The number of pyridine rings is 1. The number of nitrogens with zero attached hydrogens (tertiary/aromatic N) is 2. The number of carbonyl (C=O) groups excluding carboxylic acids is 2. The van der Waals surface area contributed by atoms with Crippen LogP contribution in [0.4, 0.5) is 0 Å². The average molecular weight is 426 g/mol. The van der Waals surface area contributed by atoms with Crippen LogP contribution >= 0.6 is 0 Å². The molecule has 0 bridgehead atoms. The van der Waals surface area contributed by atoms with Gasteiger partial charge >= 0.3 is 0 Å². The Morgan fingerprint density at radius 2 is 1.77 bits per heavy atom. The molecule has 4 rings (SSSR count). The summed E-state index contributed by atoms with van der Waals surface area (Å²) < 4.78 is 0. The Kier molecular flexibility index (Phi) is 5.68. The van der Waals surface area contributed by atoms with E-state index in [0.29, 0.717) is 23.7 Å². The first-order valence-electron chi connectivity index (χ1n) is 12.1. The molecule has 1 spiro atoms. The average Bonchev–Trinajstić information content (AvgIpc) is 2.69. The van der Waals surface area contributed by atoms with Gasteiger partial charge in [0.15, 0.2) is 0 Å². The topological polar surface area (TPSA) is 62.3 Å². The Morgan fingerprint density at radius 1 is 1.13 bits per heavy atom. The Hall–Kier alpha value is -1.91. The van der Waals surface area contributed by atoms with E-state index in [9.17, 15) is 9.59 Å². The van der Waals surface area contributed by atoms with Crippen molar-refractivity contribution in [1.29, 1.82) is 0 Å². The minimum atomic E-state index is -0.194. The molecular formula is C26H39N3O2. The molecule has 2 heterocycles. The second kappa shape index (κ2) is 7.90. The van der Waals surface area contributed by atoms with Crippen molar-refractivity contribution in [3.63, 3.8) is 0 Å². The molecule has 0 radical (unpaired) electrons. The van der Waals surface area contributed by atoms with Crippen LogP contribution in [0.5, 0.6) is 0 Å². The van der Waals surface area contributed by atoms with Crippen molar-refractivity contribution in [1.82, 2.24) is 15.2 Å². The molecular weight excluding hydrogens is 386 g/mol. The molecule has 5 heteroatoms. The van der Waals surface area contributed by atoms with Crippen molar-refractivity contribution in [2.75, 3.05) is 13.1 Å². The van der Waals surface area contributed by atoms with Crippen LogP contribution < -0.4 is 5.32 Å². The van der Waals surface area contributed by atoms with Crippen LogP contribution in [0.2, 0.25) is 0 Å². The molecule has 2 aliphatic carbocycles. The minimum Gasteiger partial charge on any atom is -0.351 e. The number of nitrogens with one attached hydrogen (secondary N) is 1. The van der Waals surface area contributed by atoms with Gasteiger partial charge in [0.2, 0.25) is 11.8 Å². The van der Waals surface area contributed by atoms with E-state index in [1.807, 2.05) is 6.92 Å². The Morgan fingerprint density at radius 3 is 2.35 bits per heavy atom. The predicted molar refractivity (Wildman–Crippen MR) is 123 cm³/mol. The predicted octanol–water partition coefficient (Wildman–Crippen LogP) is 4.56. The summed E-state index contributed by atoms with van der Waals surface area (Å²) in [7, 11) is 0. The fraction of sp³-hybridized carbons (Fsp3) is 0.731. The zero-order valence-electron chi connectivity index (χ0n) is 20.0. The number of rotatable bonds is 4. The van der Waals surface area contributed by atoms with Crippen LogP contribution in [0.25, 0.3) is 0 Å². The standard InChI is InChI=1S/C26H39N3O2/c1-6-22(30)28-25(5)14-19(15-25)23(31)29-12-10-26(11-13-29)16-18(17-26)20-8-7-9-21(27-20)24(2,3)4/h7-9,18-19H,6,10-17H2,1-5H3,(H,28,30). The van der Waals surface area contributed by atoms with E-state index in [0.717, 1.165) is 38.8 Å². The van der Waals surface area contributed by atoms with Crippen LogP contribution in [0, 0.1) is 11.3 Å². The highest BCUT2D eigenvalue weighted by molar-refractivity contribution is 5.82. The molecule has 1 aromatic heterocycles. The zero-order chi connectivity index (χ0) is 22.4.